The Morgan fingerprint density at radius 2 is 2.15 bits per heavy atom. The van der Waals surface area contributed by atoms with Crippen molar-refractivity contribution in [2.75, 3.05) is 19.0 Å². The first-order valence-corrected chi connectivity index (χ1v) is 6.21. The van der Waals surface area contributed by atoms with Gasteiger partial charge in [-0.3, -0.25) is 4.79 Å². The Morgan fingerprint density at radius 1 is 1.35 bits per heavy atom. The average molecular weight is 272 g/mol. The number of rotatable bonds is 5. The van der Waals surface area contributed by atoms with Crippen molar-refractivity contribution >= 4 is 11.9 Å². The van der Waals surface area contributed by atoms with E-state index in [-0.39, 0.29) is 5.69 Å². The molecule has 1 amide bonds. The normalized spacial score (nSPS) is 10.1. The van der Waals surface area contributed by atoms with E-state index >= 15 is 0 Å². The third-order valence-electron chi connectivity index (χ3n) is 2.68. The largest absolute Gasteiger partial charge is 0.497 e. The molecule has 1 aromatic heterocycles. The van der Waals surface area contributed by atoms with Crippen molar-refractivity contribution in [3.05, 3.63) is 36.0 Å². The summed E-state index contributed by atoms with van der Waals surface area (Å²) in [5.74, 6) is 0.504. The number of primary amides is 1. The lowest BCUT2D eigenvalue weighted by atomic mass is 10.1. The molecular formula is C14H16N4O2. The van der Waals surface area contributed by atoms with Gasteiger partial charge in [0.1, 0.15) is 11.4 Å². The Balaban J connectivity index is 2.51. The Labute approximate surface area is 117 Å². The van der Waals surface area contributed by atoms with E-state index < -0.39 is 5.91 Å². The fraction of sp³-hybridized carbons (Fsp3) is 0.214. The molecule has 3 N–H and O–H groups in total. The molecule has 2 rings (SSSR count). The van der Waals surface area contributed by atoms with Gasteiger partial charge < -0.3 is 15.8 Å². The van der Waals surface area contributed by atoms with Crippen LogP contribution in [0.15, 0.2) is 30.3 Å². The average Bonchev–Trinajstić information content (AvgIpc) is 2.47. The van der Waals surface area contributed by atoms with E-state index in [1.54, 1.807) is 13.2 Å². The first-order valence-electron chi connectivity index (χ1n) is 6.21. The molecule has 20 heavy (non-hydrogen) atoms. The van der Waals surface area contributed by atoms with Crippen LogP contribution in [0.4, 0.5) is 5.95 Å². The molecule has 2 aromatic rings. The summed E-state index contributed by atoms with van der Waals surface area (Å²) in [6.45, 7) is 2.57. The zero-order chi connectivity index (χ0) is 14.5. The molecule has 0 aliphatic heterocycles. The van der Waals surface area contributed by atoms with E-state index in [0.29, 0.717) is 23.9 Å². The second-order valence-corrected chi connectivity index (χ2v) is 4.09. The number of carbonyl (C=O) groups is 1. The number of benzene rings is 1. The number of methoxy groups -OCH3 is 1. The standard InChI is InChI=1S/C14H16N4O2/c1-3-16-14-17-11(8-12(18-14)13(15)19)9-5-4-6-10(7-9)20-2/h4-8H,3H2,1-2H3,(H2,15,19)(H,16,17,18). The van der Waals surface area contributed by atoms with Gasteiger partial charge in [-0.2, -0.15) is 0 Å². The van der Waals surface area contributed by atoms with Crippen molar-refractivity contribution in [1.82, 2.24) is 9.97 Å². The van der Waals surface area contributed by atoms with Crippen LogP contribution in [0.5, 0.6) is 5.75 Å². The van der Waals surface area contributed by atoms with Crippen LogP contribution in [-0.4, -0.2) is 29.5 Å². The van der Waals surface area contributed by atoms with Gasteiger partial charge >= 0.3 is 0 Å². The highest BCUT2D eigenvalue weighted by Gasteiger charge is 2.10. The molecule has 6 nitrogen and oxygen atoms in total. The molecule has 104 valence electrons. The number of anilines is 1. The molecule has 0 saturated carbocycles. The monoisotopic (exact) mass is 272 g/mol. The quantitative estimate of drug-likeness (QED) is 0.864. The molecule has 1 aromatic carbocycles. The maximum Gasteiger partial charge on any atom is 0.267 e. The minimum absolute atomic E-state index is 0.175. The summed E-state index contributed by atoms with van der Waals surface area (Å²) in [5.41, 5.74) is 6.92. The first kappa shape index (κ1) is 13.8. The highest BCUT2D eigenvalue weighted by Crippen LogP contribution is 2.23. The number of hydrogen-bond acceptors (Lipinski definition) is 5. The van der Waals surface area contributed by atoms with E-state index in [1.165, 1.54) is 0 Å². The van der Waals surface area contributed by atoms with Crippen LogP contribution in [0.2, 0.25) is 0 Å². The zero-order valence-electron chi connectivity index (χ0n) is 11.4. The molecule has 0 fully saturated rings. The lowest BCUT2D eigenvalue weighted by Gasteiger charge is -2.08. The summed E-state index contributed by atoms with van der Waals surface area (Å²) in [7, 11) is 1.60. The molecule has 0 spiro atoms. The fourth-order valence-corrected chi connectivity index (χ4v) is 1.74. The minimum atomic E-state index is -0.587. The van der Waals surface area contributed by atoms with E-state index in [2.05, 4.69) is 15.3 Å². The van der Waals surface area contributed by atoms with Gasteiger partial charge in [0.15, 0.2) is 0 Å². The van der Waals surface area contributed by atoms with Gasteiger partial charge in [0.2, 0.25) is 5.95 Å². The van der Waals surface area contributed by atoms with Gasteiger partial charge in [-0.15, -0.1) is 0 Å². The fourth-order valence-electron chi connectivity index (χ4n) is 1.74. The van der Waals surface area contributed by atoms with Crippen LogP contribution >= 0.6 is 0 Å². The molecular weight excluding hydrogens is 256 g/mol. The third-order valence-corrected chi connectivity index (χ3v) is 2.68. The molecule has 0 aliphatic rings. The minimum Gasteiger partial charge on any atom is -0.497 e. The van der Waals surface area contributed by atoms with Crippen LogP contribution in [0.1, 0.15) is 17.4 Å². The highest BCUT2D eigenvalue weighted by molar-refractivity contribution is 5.92. The summed E-state index contributed by atoms with van der Waals surface area (Å²) in [6.07, 6.45) is 0. The van der Waals surface area contributed by atoms with Crippen molar-refractivity contribution in [2.45, 2.75) is 6.92 Å². The molecule has 1 heterocycles. The lowest BCUT2D eigenvalue weighted by molar-refractivity contribution is 0.0995. The lowest BCUT2D eigenvalue weighted by Crippen LogP contribution is -2.15. The molecule has 0 unspecified atom stereocenters. The summed E-state index contributed by atoms with van der Waals surface area (Å²) in [5, 5.41) is 2.98. The second-order valence-electron chi connectivity index (χ2n) is 4.09. The number of nitrogens with one attached hydrogen (secondary N) is 1. The maximum atomic E-state index is 11.3. The van der Waals surface area contributed by atoms with E-state index in [0.717, 1.165) is 5.56 Å². The van der Waals surface area contributed by atoms with Gasteiger partial charge in [0.25, 0.3) is 5.91 Å². The van der Waals surface area contributed by atoms with Crippen LogP contribution in [-0.2, 0) is 0 Å². The van der Waals surface area contributed by atoms with Crippen LogP contribution < -0.4 is 15.8 Å². The number of amides is 1. The van der Waals surface area contributed by atoms with Crippen molar-refractivity contribution < 1.29 is 9.53 Å². The number of aromatic nitrogens is 2. The molecule has 0 saturated heterocycles. The second kappa shape index (κ2) is 6.01. The first-order chi connectivity index (χ1) is 9.63. The van der Waals surface area contributed by atoms with Gasteiger partial charge in [-0.1, -0.05) is 12.1 Å². The third kappa shape index (κ3) is 3.03. The Kier molecular flexibility index (Phi) is 4.14. The van der Waals surface area contributed by atoms with Crippen molar-refractivity contribution in [3.63, 3.8) is 0 Å². The molecule has 0 atom stereocenters. The van der Waals surface area contributed by atoms with Crippen molar-refractivity contribution in [2.24, 2.45) is 5.73 Å². The Morgan fingerprint density at radius 3 is 2.80 bits per heavy atom. The summed E-state index contributed by atoms with van der Waals surface area (Å²) in [4.78, 5) is 19.8. The highest BCUT2D eigenvalue weighted by atomic mass is 16.5. The van der Waals surface area contributed by atoms with Gasteiger partial charge in [-0.05, 0) is 25.1 Å². The predicted molar refractivity (Wildman–Crippen MR) is 76.7 cm³/mol. The summed E-state index contributed by atoms with van der Waals surface area (Å²) in [6, 6.07) is 8.98. The number of carbonyl (C=O) groups excluding carboxylic acids is 1. The van der Waals surface area contributed by atoms with Crippen LogP contribution in [0.3, 0.4) is 0 Å². The predicted octanol–water partition coefficient (Wildman–Crippen LogP) is 1.68. The number of hydrogen-bond donors (Lipinski definition) is 2. The van der Waals surface area contributed by atoms with E-state index in [9.17, 15) is 4.79 Å². The van der Waals surface area contributed by atoms with E-state index in [4.69, 9.17) is 10.5 Å². The molecule has 0 radical (unpaired) electrons. The van der Waals surface area contributed by atoms with Crippen LogP contribution in [0.25, 0.3) is 11.3 Å². The number of nitrogens with zero attached hydrogens (tertiary/aromatic N) is 2. The molecule has 6 heteroatoms. The van der Waals surface area contributed by atoms with Gasteiger partial charge in [-0.25, -0.2) is 9.97 Å². The van der Waals surface area contributed by atoms with Gasteiger partial charge in [0.05, 0.1) is 12.8 Å². The van der Waals surface area contributed by atoms with Crippen LogP contribution in [0, 0.1) is 0 Å². The Bertz CT molecular complexity index is 628. The smallest absolute Gasteiger partial charge is 0.267 e. The topological polar surface area (TPSA) is 90.1 Å². The summed E-state index contributed by atoms with van der Waals surface area (Å²) < 4.78 is 5.18. The molecule has 0 bridgehead atoms. The van der Waals surface area contributed by atoms with Crippen molar-refractivity contribution in [1.29, 1.82) is 0 Å². The number of nitrogens with two attached hydrogens (primary N) is 1. The zero-order valence-corrected chi connectivity index (χ0v) is 11.4. The number of ether oxygens (including phenoxy) is 1. The van der Waals surface area contributed by atoms with Gasteiger partial charge in [0, 0.05) is 12.1 Å². The SMILES string of the molecule is CCNc1nc(C(N)=O)cc(-c2cccc(OC)c2)n1. The molecule has 0 aliphatic carbocycles. The Hall–Kier alpha value is -2.63. The van der Waals surface area contributed by atoms with Crippen molar-refractivity contribution in [3.8, 4) is 17.0 Å². The van der Waals surface area contributed by atoms with E-state index in [1.807, 2.05) is 31.2 Å². The maximum absolute atomic E-state index is 11.3. The summed E-state index contributed by atoms with van der Waals surface area (Å²) >= 11 is 0.